The van der Waals surface area contributed by atoms with E-state index in [2.05, 4.69) is 0 Å². The lowest BCUT2D eigenvalue weighted by Gasteiger charge is -2.21. The number of benzene rings is 1. The molecular formula is C12H18N2O3. The summed E-state index contributed by atoms with van der Waals surface area (Å²) in [5.74, 6) is -0.199. The molecule has 0 fully saturated rings. The number of hydrogen-bond acceptors (Lipinski definition) is 4. The fraction of sp³-hybridized carbons (Fsp3) is 0.417. The quantitative estimate of drug-likeness (QED) is 0.771. The van der Waals surface area contributed by atoms with Gasteiger partial charge in [-0.05, 0) is 31.2 Å². The number of carboxylic acid groups (broad SMARTS) is 1. The highest BCUT2D eigenvalue weighted by atomic mass is 16.5. The molecule has 0 aliphatic rings. The summed E-state index contributed by atoms with van der Waals surface area (Å²) >= 11 is 0. The van der Waals surface area contributed by atoms with Crippen LogP contribution in [-0.4, -0.2) is 37.3 Å². The maximum absolute atomic E-state index is 10.6. The maximum Gasteiger partial charge on any atom is 0.322 e. The van der Waals surface area contributed by atoms with E-state index in [1.54, 1.807) is 11.9 Å². The molecule has 3 N–H and O–H groups in total. The highest BCUT2D eigenvalue weighted by Crippen LogP contribution is 2.18. The lowest BCUT2D eigenvalue weighted by molar-refractivity contribution is -0.138. The van der Waals surface area contributed by atoms with E-state index in [4.69, 9.17) is 15.6 Å². The third kappa shape index (κ3) is 3.96. The molecule has 5 nitrogen and oxygen atoms in total. The lowest BCUT2D eigenvalue weighted by atomic mass is 10.2. The smallest absolute Gasteiger partial charge is 0.322 e. The highest BCUT2D eigenvalue weighted by molar-refractivity contribution is 5.74. The second kappa shape index (κ2) is 6.10. The van der Waals surface area contributed by atoms with Gasteiger partial charge in [0, 0.05) is 19.3 Å². The number of likely N-dealkylation sites (N-methyl/N-ethyl adjacent to an activating group) is 1. The van der Waals surface area contributed by atoms with Gasteiger partial charge in [-0.1, -0.05) is 0 Å². The van der Waals surface area contributed by atoms with E-state index in [1.165, 1.54) is 0 Å². The zero-order valence-corrected chi connectivity index (χ0v) is 10.1. The van der Waals surface area contributed by atoms with E-state index in [0.29, 0.717) is 6.61 Å². The second-order valence-corrected chi connectivity index (χ2v) is 3.75. The number of anilines is 1. The summed E-state index contributed by atoms with van der Waals surface area (Å²) in [6, 6.07) is 6.56. The van der Waals surface area contributed by atoms with Crippen LogP contribution < -0.4 is 15.4 Å². The van der Waals surface area contributed by atoms with Crippen molar-refractivity contribution in [3.63, 3.8) is 0 Å². The molecule has 0 saturated heterocycles. The van der Waals surface area contributed by atoms with E-state index in [9.17, 15) is 4.79 Å². The van der Waals surface area contributed by atoms with Gasteiger partial charge in [-0.15, -0.1) is 0 Å². The summed E-state index contributed by atoms with van der Waals surface area (Å²) in [6.07, 6.45) is 0. The van der Waals surface area contributed by atoms with Crippen molar-refractivity contribution in [1.82, 2.24) is 0 Å². The normalized spacial score (nSPS) is 11.9. The van der Waals surface area contributed by atoms with E-state index >= 15 is 0 Å². The summed E-state index contributed by atoms with van der Waals surface area (Å²) < 4.78 is 5.32. The minimum absolute atomic E-state index is 0.267. The van der Waals surface area contributed by atoms with Gasteiger partial charge >= 0.3 is 5.97 Å². The number of hydrogen-bond donors (Lipinski definition) is 2. The molecule has 0 aromatic heterocycles. The molecule has 17 heavy (non-hydrogen) atoms. The molecule has 0 aliphatic carbocycles. The van der Waals surface area contributed by atoms with Gasteiger partial charge in [0.05, 0.1) is 6.61 Å². The molecule has 1 aromatic carbocycles. The predicted octanol–water partition coefficient (Wildman–Crippen LogP) is 0.933. The van der Waals surface area contributed by atoms with Gasteiger partial charge in [0.2, 0.25) is 0 Å². The molecule has 0 radical (unpaired) electrons. The van der Waals surface area contributed by atoms with Crippen LogP contribution in [0, 0.1) is 0 Å². The van der Waals surface area contributed by atoms with E-state index in [1.807, 2.05) is 31.2 Å². The monoisotopic (exact) mass is 238 g/mol. The van der Waals surface area contributed by atoms with Crippen LogP contribution in [0.25, 0.3) is 0 Å². The molecule has 5 heteroatoms. The molecule has 1 unspecified atom stereocenters. The molecule has 0 heterocycles. The molecule has 0 amide bonds. The standard InChI is InChI=1S/C12H18N2O3/c1-3-17-10-6-4-9(5-7-10)14(2)8-11(13)12(15)16/h4-7,11H,3,8,13H2,1-2H3,(H,15,16). The van der Waals surface area contributed by atoms with E-state index in [-0.39, 0.29) is 6.54 Å². The molecule has 94 valence electrons. The number of aliphatic carboxylic acids is 1. The summed E-state index contributed by atoms with van der Waals surface area (Å²) in [5.41, 5.74) is 6.37. The Bertz CT molecular complexity index is 365. The first-order valence-corrected chi connectivity index (χ1v) is 5.47. The van der Waals surface area contributed by atoms with Crippen LogP contribution in [0.2, 0.25) is 0 Å². The number of ether oxygens (including phenoxy) is 1. The average Bonchev–Trinajstić information content (AvgIpc) is 2.30. The van der Waals surface area contributed by atoms with Crippen molar-refractivity contribution in [3.8, 4) is 5.75 Å². The fourth-order valence-electron chi connectivity index (χ4n) is 1.44. The van der Waals surface area contributed by atoms with Crippen LogP contribution >= 0.6 is 0 Å². The Labute approximate surface area is 101 Å². The van der Waals surface area contributed by atoms with Gasteiger partial charge in [0.15, 0.2) is 0 Å². The van der Waals surface area contributed by atoms with Crippen LogP contribution in [0.5, 0.6) is 5.75 Å². The first-order chi connectivity index (χ1) is 8.04. The van der Waals surface area contributed by atoms with Crippen molar-refractivity contribution in [1.29, 1.82) is 0 Å². The van der Waals surface area contributed by atoms with E-state index < -0.39 is 12.0 Å². The molecule has 0 bridgehead atoms. The largest absolute Gasteiger partial charge is 0.494 e. The van der Waals surface area contributed by atoms with Crippen LogP contribution in [0.1, 0.15) is 6.92 Å². The number of carbonyl (C=O) groups is 1. The van der Waals surface area contributed by atoms with Crippen LogP contribution in [-0.2, 0) is 4.79 Å². The van der Waals surface area contributed by atoms with Crippen LogP contribution in [0.15, 0.2) is 24.3 Å². The molecule has 0 spiro atoms. The van der Waals surface area contributed by atoms with Gasteiger partial charge < -0.3 is 20.5 Å². The Kier molecular flexibility index (Phi) is 4.78. The minimum atomic E-state index is -0.997. The van der Waals surface area contributed by atoms with Gasteiger partial charge in [0.25, 0.3) is 0 Å². The zero-order valence-electron chi connectivity index (χ0n) is 10.1. The third-order valence-electron chi connectivity index (χ3n) is 2.38. The zero-order chi connectivity index (χ0) is 12.8. The first-order valence-electron chi connectivity index (χ1n) is 5.47. The van der Waals surface area contributed by atoms with Crippen molar-refractivity contribution in [3.05, 3.63) is 24.3 Å². The van der Waals surface area contributed by atoms with Gasteiger partial charge in [0.1, 0.15) is 11.8 Å². The fourth-order valence-corrected chi connectivity index (χ4v) is 1.44. The summed E-state index contributed by atoms with van der Waals surface area (Å²) in [4.78, 5) is 12.4. The molecule has 1 atom stereocenters. The Hall–Kier alpha value is -1.75. The Morgan fingerprint density at radius 2 is 2.06 bits per heavy atom. The van der Waals surface area contributed by atoms with Crippen LogP contribution in [0.4, 0.5) is 5.69 Å². The van der Waals surface area contributed by atoms with Crippen molar-refractivity contribution in [2.75, 3.05) is 25.1 Å². The minimum Gasteiger partial charge on any atom is -0.494 e. The van der Waals surface area contributed by atoms with Crippen molar-refractivity contribution in [2.45, 2.75) is 13.0 Å². The summed E-state index contributed by atoms with van der Waals surface area (Å²) in [6.45, 7) is 2.81. The summed E-state index contributed by atoms with van der Waals surface area (Å²) in [7, 11) is 1.80. The van der Waals surface area contributed by atoms with Crippen molar-refractivity contribution >= 4 is 11.7 Å². The first kappa shape index (κ1) is 13.3. The second-order valence-electron chi connectivity index (χ2n) is 3.75. The summed E-state index contributed by atoms with van der Waals surface area (Å²) in [5, 5.41) is 8.72. The Morgan fingerprint density at radius 1 is 1.47 bits per heavy atom. The Balaban J connectivity index is 2.63. The van der Waals surface area contributed by atoms with Gasteiger partial charge in [-0.2, -0.15) is 0 Å². The number of nitrogens with two attached hydrogens (primary N) is 1. The van der Waals surface area contributed by atoms with Crippen molar-refractivity contribution in [2.24, 2.45) is 5.73 Å². The topological polar surface area (TPSA) is 75.8 Å². The van der Waals surface area contributed by atoms with Crippen LogP contribution in [0.3, 0.4) is 0 Å². The molecule has 1 rings (SSSR count). The number of carboxylic acids is 1. The number of nitrogens with zero attached hydrogens (tertiary/aromatic N) is 1. The SMILES string of the molecule is CCOc1ccc(N(C)CC(N)C(=O)O)cc1. The average molecular weight is 238 g/mol. The molecule has 1 aromatic rings. The maximum atomic E-state index is 10.6. The van der Waals surface area contributed by atoms with Gasteiger partial charge in [-0.3, -0.25) is 4.79 Å². The third-order valence-corrected chi connectivity index (χ3v) is 2.38. The molecule has 0 aliphatic heterocycles. The predicted molar refractivity (Wildman–Crippen MR) is 66.5 cm³/mol. The highest BCUT2D eigenvalue weighted by Gasteiger charge is 2.14. The Morgan fingerprint density at radius 3 is 2.53 bits per heavy atom. The molecular weight excluding hydrogens is 220 g/mol. The van der Waals surface area contributed by atoms with E-state index in [0.717, 1.165) is 11.4 Å². The van der Waals surface area contributed by atoms with Crippen molar-refractivity contribution < 1.29 is 14.6 Å². The number of rotatable bonds is 6. The molecule has 0 saturated carbocycles. The lowest BCUT2D eigenvalue weighted by Crippen LogP contribution is -2.41. The van der Waals surface area contributed by atoms with Gasteiger partial charge in [-0.25, -0.2) is 0 Å².